The van der Waals surface area contributed by atoms with Crippen LogP contribution in [0, 0.1) is 0 Å². The number of amides is 1. The normalized spacial score (nSPS) is 16.3. The van der Waals surface area contributed by atoms with Crippen molar-refractivity contribution in [3.8, 4) is 0 Å². The van der Waals surface area contributed by atoms with Crippen LogP contribution in [0.1, 0.15) is 181 Å². The number of likely N-dealkylation sites (tertiary alicyclic amines) is 1. The average Bonchev–Trinajstić information content (AvgIpc) is 3.60. The van der Waals surface area contributed by atoms with Crippen molar-refractivity contribution >= 4 is 17.8 Å². The molecule has 0 aromatic rings. The van der Waals surface area contributed by atoms with Crippen LogP contribution in [0.2, 0.25) is 0 Å². The van der Waals surface area contributed by atoms with E-state index in [0.717, 1.165) is 77.0 Å². The van der Waals surface area contributed by atoms with E-state index in [9.17, 15) is 19.5 Å². The third-order valence-electron chi connectivity index (χ3n) is 10.7. The van der Waals surface area contributed by atoms with E-state index in [1.165, 1.54) is 70.6 Å². The topological polar surface area (TPSA) is 93.1 Å². The van der Waals surface area contributed by atoms with Crippen molar-refractivity contribution in [2.24, 2.45) is 0 Å². The number of esters is 2. The van der Waals surface area contributed by atoms with Crippen molar-refractivity contribution < 1.29 is 33.4 Å². The maximum Gasteiger partial charge on any atom is 0.329 e. The molecule has 1 amide bonds. The van der Waals surface area contributed by atoms with Crippen molar-refractivity contribution in [2.45, 2.75) is 193 Å². The van der Waals surface area contributed by atoms with Crippen LogP contribution in [-0.2, 0) is 23.9 Å². The minimum Gasteiger partial charge on any atom is -0.464 e. The van der Waals surface area contributed by atoms with E-state index in [1.807, 2.05) is 14.1 Å². The van der Waals surface area contributed by atoms with Gasteiger partial charge in [0, 0.05) is 12.8 Å². The standard InChI is InChI=1S/C48H85N2O6/c1-5-7-9-11-13-15-17-19-21-23-25-27-29-31-33-35-41-55-48(54)45-42-44(56-47(53)37-38-50(3,4)39-40-51)43-49(45)46(52)36-34-32-30-28-26-24-22-20-18-16-14-12-10-8-6-2/h13-16,19-22,44-45,51H,5-12,17-18,23-43H2,1-4H3/q+1/b15-13-,16-14-,21-19-,22-20-. The molecule has 322 valence electrons. The molecule has 0 aromatic carbocycles. The van der Waals surface area contributed by atoms with Crippen molar-refractivity contribution in [1.82, 2.24) is 4.90 Å². The summed E-state index contributed by atoms with van der Waals surface area (Å²) >= 11 is 0. The van der Waals surface area contributed by atoms with E-state index in [0.29, 0.717) is 30.6 Å². The van der Waals surface area contributed by atoms with Crippen molar-refractivity contribution in [3.63, 3.8) is 0 Å². The maximum absolute atomic E-state index is 13.4. The lowest BCUT2D eigenvalue weighted by atomic mass is 10.1. The molecule has 1 rings (SSSR count). The van der Waals surface area contributed by atoms with Crippen LogP contribution >= 0.6 is 0 Å². The van der Waals surface area contributed by atoms with Gasteiger partial charge in [0.2, 0.25) is 5.91 Å². The predicted molar refractivity (Wildman–Crippen MR) is 233 cm³/mol. The van der Waals surface area contributed by atoms with E-state index in [-0.39, 0.29) is 43.8 Å². The molecule has 56 heavy (non-hydrogen) atoms. The largest absolute Gasteiger partial charge is 0.464 e. The zero-order valence-corrected chi connectivity index (χ0v) is 36.6. The molecular weight excluding hydrogens is 701 g/mol. The molecule has 0 aromatic heterocycles. The Morgan fingerprint density at radius 1 is 0.625 bits per heavy atom. The second-order valence-corrected chi connectivity index (χ2v) is 16.5. The molecule has 1 fully saturated rings. The number of carbonyl (C=O) groups excluding carboxylic acids is 3. The number of likely N-dealkylation sites (N-methyl/N-ethyl adjacent to an activating group) is 1. The lowest BCUT2D eigenvalue weighted by Gasteiger charge is -2.28. The highest BCUT2D eigenvalue weighted by Gasteiger charge is 2.42. The summed E-state index contributed by atoms with van der Waals surface area (Å²) in [6, 6.07) is -0.718. The molecule has 0 spiro atoms. The van der Waals surface area contributed by atoms with E-state index in [1.54, 1.807) is 4.90 Å². The monoisotopic (exact) mass is 786 g/mol. The zero-order valence-electron chi connectivity index (χ0n) is 36.6. The van der Waals surface area contributed by atoms with Gasteiger partial charge in [-0.25, -0.2) is 4.79 Å². The van der Waals surface area contributed by atoms with Gasteiger partial charge in [0.1, 0.15) is 18.7 Å². The number of hydrogen-bond donors (Lipinski definition) is 1. The molecule has 8 nitrogen and oxygen atoms in total. The number of allylic oxidation sites excluding steroid dienone is 8. The number of hydrogen-bond acceptors (Lipinski definition) is 6. The second-order valence-electron chi connectivity index (χ2n) is 16.5. The Kier molecular flexibility index (Phi) is 32.5. The van der Waals surface area contributed by atoms with Gasteiger partial charge < -0.3 is 24.0 Å². The van der Waals surface area contributed by atoms with E-state index in [2.05, 4.69) is 62.5 Å². The highest BCUT2D eigenvalue weighted by Crippen LogP contribution is 2.24. The van der Waals surface area contributed by atoms with Gasteiger partial charge in [-0.05, 0) is 77.0 Å². The molecule has 8 heteroatoms. The first kappa shape index (κ1) is 51.3. The Bertz CT molecular complexity index is 1110. The van der Waals surface area contributed by atoms with Crippen LogP contribution in [0.4, 0.5) is 0 Å². The summed E-state index contributed by atoms with van der Waals surface area (Å²) in [5, 5.41) is 9.31. The van der Waals surface area contributed by atoms with Gasteiger partial charge in [0.25, 0.3) is 0 Å². The number of rotatable bonds is 36. The Balaban J connectivity index is 2.42. The molecule has 0 saturated carbocycles. The fourth-order valence-corrected chi connectivity index (χ4v) is 6.99. The lowest BCUT2D eigenvalue weighted by molar-refractivity contribution is -0.890. The van der Waals surface area contributed by atoms with Crippen LogP contribution in [0.3, 0.4) is 0 Å². The number of quaternary nitrogens is 1. The molecule has 2 atom stereocenters. The molecule has 1 heterocycles. The minimum atomic E-state index is -0.718. The third kappa shape index (κ3) is 28.6. The Morgan fingerprint density at radius 2 is 1.11 bits per heavy atom. The molecule has 2 unspecified atom stereocenters. The van der Waals surface area contributed by atoms with Gasteiger partial charge in [0.05, 0.1) is 46.8 Å². The van der Waals surface area contributed by atoms with Crippen molar-refractivity contribution in [2.75, 3.05) is 46.9 Å². The van der Waals surface area contributed by atoms with Gasteiger partial charge in [-0.3, -0.25) is 9.59 Å². The SMILES string of the molecule is CCCCC/C=C\C/C=C\CCCCCCCCOC(=O)C1CC(OC(=O)CC[N+](C)(C)CCO)CN1C(=O)CCCCCCC/C=C\C/C=C\CCCCC. The summed E-state index contributed by atoms with van der Waals surface area (Å²) in [6.07, 6.45) is 44.7. The van der Waals surface area contributed by atoms with Crippen molar-refractivity contribution in [1.29, 1.82) is 0 Å². The predicted octanol–water partition coefficient (Wildman–Crippen LogP) is 11.1. The molecule has 0 radical (unpaired) electrons. The van der Waals surface area contributed by atoms with E-state index >= 15 is 0 Å². The first-order valence-corrected chi connectivity index (χ1v) is 22.9. The van der Waals surface area contributed by atoms with Gasteiger partial charge in [-0.15, -0.1) is 0 Å². The molecule has 0 bridgehead atoms. The van der Waals surface area contributed by atoms with Crippen LogP contribution < -0.4 is 0 Å². The van der Waals surface area contributed by atoms with Crippen LogP contribution in [0.5, 0.6) is 0 Å². The Labute approximate surface area is 343 Å². The molecule has 1 N–H and O–H groups in total. The van der Waals surface area contributed by atoms with Gasteiger partial charge in [-0.1, -0.05) is 133 Å². The minimum absolute atomic E-state index is 0.0514. The van der Waals surface area contributed by atoms with Crippen LogP contribution in [0.25, 0.3) is 0 Å². The lowest BCUT2D eigenvalue weighted by Crippen LogP contribution is -2.43. The van der Waals surface area contributed by atoms with E-state index < -0.39 is 12.1 Å². The number of unbranched alkanes of at least 4 members (excludes halogenated alkanes) is 17. The highest BCUT2D eigenvalue weighted by atomic mass is 16.5. The van der Waals surface area contributed by atoms with Gasteiger partial charge >= 0.3 is 11.9 Å². The molecular formula is C48H85N2O6+. The fourth-order valence-electron chi connectivity index (χ4n) is 6.99. The number of aliphatic hydroxyl groups is 1. The van der Waals surface area contributed by atoms with E-state index in [4.69, 9.17) is 9.47 Å². The molecule has 1 aliphatic rings. The Morgan fingerprint density at radius 3 is 1.62 bits per heavy atom. The maximum atomic E-state index is 13.4. The Hall–Kier alpha value is -2.71. The first-order chi connectivity index (χ1) is 27.2. The number of nitrogens with zero attached hydrogens (tertiary/aromatic N) is 2. The quantitative estimate of drug-likeness (QED) is 0.0294. The fraction of sp³-hybridized carbons (Fsp3) is 0.771. The molecule has 0 aliphatic carbocycles. The smallest absolute Gasteiger partial charge is 0.329 e. The summed E-state index contributed by atoms with van der Waals surface area (Å²) < 4.78 is 12.0. The van der Waals surface area contributed by atoms with Gasteiger partial charge in [-0.2, -0.15) is 0 Å². The summed E-state index contributed by atoms with van der Waals surface area (Å²) in [7, 11) is 3.93. The highest BCUT2D eigenvalue weighted by molar-refractivity contribution is 5.85. The summed E-state index contributed by atoms with van der Waals surface area (Å²) in [6.45, 7) is 6.19. The molecule has 1 saturated heterocycles. The zero-order chi connectivity index (χ0) is 41.0. The number of ether oxygens (including phenoxy) is 2. The second kappa shape index (κ2) is 35.5. The average molecular weight is 786 g/mol. The summed E-state index contributed by atoms with van der Waals surface area (Å²) in [5.74, 6) is -0.790. The third-order valence-corrected chi connectivity index (χ3v) is 10.7. The van der Waals surface area contributed by atoms with Crippen LogP contribution in [-0.4, -0.2) is 91.4 Å². The van der Waals surface area contributed by atoms with Crippen molar-refractivity contribution in [3.05, 3.63) is 48.6 Å². The van der Waals surface area contributed by atoms with Gasteiger partial charge in [0.15, 0.2) is 0 Å². The number of aliphatic hydroxyl groups excluding tert-OH is 1. The number of carbonyl (C=O) groups is 3. The summed E-state index contributed by atoms with van der Waals surface area (Å²) in [5.41, 5.74) is 0. The molecule has 1 aliphatic heterocycles. The summed E-state index contributed by atoms with van der Waals surface area (Å²) in [4.78, 5) is 41.1. The first-order valence-electron chi connectivity index (χ1n) is 22.9. The van der Waals surface area contributed by atoms with Crippen LogP contribution in [0.15, 0.2) is 48.6 Å².